The lowest BCUT2D eigenvalue weighted by atomic mass is 10.2. The predicted molar refractivity (Wildman–Crippen MR) is 53.6 cm³/mol. The number of rotatable bonds is 4. The van der Waals surface area contributed by atoms with Crippen LogP contribution < -0.4 is 5.90 Å². The van der Waals surface area contributed by atoms with E-state index in [0.717, 1.165) is 0 Å². The number of nitrogens with two attached hydrogens (primary N) is 1. The minimum absolute atomic E-state index is 0.325. The zero-order valence-electron chi connectivity index (χ0n) is 9.37. The van der Waals surface area contributed by atoms with E-state index in [4.69, 9.17) is 10.6 Å². The summed E-state index contributed by atoms with van der Waals surface area (Å²) in [5.41, 5.74) is -0.449. The molecule has 0 aliphatic heterocycles. The molecule has 84 valence electrons. The Labute approximate surface area is 85.1 Å². The van der Waals surface area contributed by atoms with E-state index in [2.05, 4.69) is 4.84 Å². The Kier molecular flexibility index (Phi) is 5.49. The molecule has 0 heterocycles. The highest BCUT2D eigenvalue weighted by molar-refractivity contribution is 5.67. The summed E-state index contributed by atoms with van der Waals surface area (Å²) in [5.74, 6) is 4.86. The highest BCUT2D eigenvalue weighted by atomic mass is 16.6. The molecule has 0 saturated heterocycles. The van der Waals surface area contributed by atoms with Crippen LogP contribution in [0.15, 0.2) is 0 Å². The van der Waals surface area contributed by atoms with Gasteiger partial charge in [-0.2, -0.15) is 0 Å². The Balaban J connectivity index is 3.77. The normalized spacial score (nSPS) is 11.2. The fourth-order valence-corrected chi connectivity index (χ4v) is 0.816. The third kappa shape index (κ3) is 6.68. The summed E-state index contributed by atoms with van der Waals surface area (Å²) in [6.45, 7) is 6.52. The molecule has 0 spiro atoms. The molecular formula is C9H20N2O3. The Morgan fingerprint density at radius 1 is 1.43 bits per heavy atom. The molecule has 0 unspecified atom stereocenters. The predicted octanol–water partition coefficient (Wildman–Crippen LogP) is 1.13. The first-order valence-electron chi connectivity index (χ1n) is 4.62. The zero-order chi connectivity index (χ0) is 11.2. The first-order chi connectivity index (χ1) is 6.37. The van der Waals surface area contributed by atoms with Gasteiger partial charge in [0.1, 0.15) is 5.60 Å². The van der Waals surface area contributed by atoms with Crippen molar-refractivity contribution in [3.8, 4) is 0 Å². The van der Waals surface area contributed by atoms with Crippen LogP contribution in [0.25, 0.3) is 0 Å². The summed E-state index contributed by atoms with van der Waals surface area (Å²) in [6.07, 6.45) is 0.376. The summed E-state index contributed by atoms with van der Waals surface area (Å²) >= 11 is 0. The molecule has 14 heavy (non-hydrogen) atoms. The summed E-state index contributed by atoms with van der Waals surface area (Å²) in [6, 6.07) is 0. The van der Waals surface area contributed by atoms with Crippen LogP contribution in [0.5, 0.6) is 0 Å². The Bertz CT molecular complexity index is 177. The van der Waals surface area contributed by atoms with Crippen molar-refractivity contribution in [2.45, 2.75) is 32.8 Å². The molecule has 2 N–H and O–H groups in total. The van der Waals surface area contributed by atoms with Crippen molar-refractivity contribution in [3.63, 3.8) is 0 Å². The van der Waals surface area contributed by atoms with Crippen LogP contribution in [0.3, 0.4) is 0 Å². The van der Waals surface area contributed by atoms with Gasteiger partial charge < -0.3 is 14.5 Å². The quantitative estimate of drug-likeness (QED) is 0.551. The van der Waals surface area contributed by atoms with Crippen LogP contribution in [0.1, 0.15) is 27.2 Å². The molecular weight excluding hydrogens is 184 g/mol. The number of nitrogens with zero attached hydrogens (tertiary/aromatic N) is 1. The van der Waals surface area contributed by atoms with Gasteiger partial charge >= 0.3 is 6.09 Å². The van der Waals surface area contributed by atoms with Crippen molar-refractivity contribution in [2.24, 2.45) is 5.90 Å². The van der Waals surface area contributed by atoms with E-state index in [9.17, 15) is 4.79 Å². The minimum atomic E-state index is -0.449. The third-order valence-corrected chi connectivity index (χ3v) is 1.46. The number of ether oxygens (including phenoxy) is 1. The molecule has 0 rings (SSSR count). The van der Waals surface area contributed by atoms with Gasteiger partial charge in [-0.1, -0.05) is 0 Å². The molecule has 0 radical (unpaired) electrons. The van der Waals surface area contributed by atoms with Crippen molar-refractivity contribution in [3.05, 3.63) is 0 Å². The fourth-order valence-electron chi connectivity index (χ4n) is 0.816. The second-order valence-corrected chi connectivity index (χ2v) is 4.13. The zero-order valence-corrected chi connectivity index (χ0v) is 9.37. The summed E-state index contributed by atoms with van der Waals surface area (Å²) in [4.78, 5) is 17.3. The monoisotopic (exact) mass is 204 g/mol. The van der Waals surface area contributed by atoms with Crippen LogP contribution in [-0.4, -0.2) is 36.8 Å². The molecule has 0 bridgehead atoms. The first-order valence-corrected chi connectivity index (χ1v) is 4.62. The smallest absolute Gasteiger partial charge is 0.410 e. The SMILES string of the molecule is CN(CCCON)C(=O)OC(C)(C)C. The van der Waals surface area contributed by atoms with Gasteiger partial charge in [-0.3, -0.25) is 0 Å². The van der Waals surface area contributed by atoms with Crippen LogP contribution in [0, 0.1) is 0 Å². The molecule has 5 nitrogen and oxygen atoms in total. The molecule has 0 aromatic heterocycles. The number of carbonyl (C=O) groups is 1. The highest BCUT2D eigenvalue weighted by Gasteiger charge is 2.18. The maximum Gasteiger partial charge on any atom is 0.410 e. The molecule has 5 heteroatoms. The Morgan fingerprint density at radius 2 is 2.00 bits per heavy atom. The van der Waals surface area contributed by atoms with Crippen molar-refractivity contribution >= 4 is 6.09 Å². The minimum Gasteiger partial charge on any atom is -0.444 e. The molecule has 0 saturated carbocycles. The van der Waals surface area contributed by atoms with Gasteiger partial charge in [-0.25, -0.2) is 10.7 Å². The summed E-state index contributed by atoms with van der Waals surface area (Å²) in [7, 11) is 1.69. The van der Waals surface area contributed by atoms with Gasteiger partial charge in [-0.05, 0) is 27.2 Å². The molecule has 0 aromatic rings. The van der Waals surface area contributed by atoms with Gasteiger partial charge in [0, 0.05) is 13.6 Å². The topological polar surface area (TPSA) is 64.8 Å². The van der Waals surface area contributed by atoms with Crippen LogP contribution >= 0.6 is 0 Å². The standard InChI is InChI=1S/C9H20N2O3/c1-9(2,3)14-8(12)11(4)6-5-7-13-10/h5-7,10H2,1-4H3. The van der Waals surface area contributed by atoms with Crippen molar-refractivity contribution in [1.82, 2.24) is 4.90 Å². The molecule has 0 fully saturated rings. The summed E-state index contributed by atoms with van der Waals surface area (Å²) in [5, 5.41) is 0. The number of carbonyl (C=O) groups excluding carboxylic acids is 1. The van der Waals surface area contributed by atoms with E-state index >= 15 is 0 Å². The van der Waals surface area contributed by atoms with Gasteiger partial charge in [-0.15, -0.1) is 0 Å². The second kappa shape index (κ2) is 5.82. The lowest BCUT2D eigenvalue weighted by Crippen LogP contribution is -2.35. The van der Waals surface area contributed by atoms with Crippen molar-refractivity contribution in [2.75, 3.05) is 20.2 Å². The van der Waals surface area contributed by atoms with Crippen LogP contribution in [0.4, 0.5) is 4.79 Å². The molecule has 1 amide bonds. The van der Waals surface area contributed by atoms with E-state index in [1.165, 1.54) is 4.90 Å². The van der Waals surface area contributed by atoms with Crippen molar-refractivity contribution in [1.29, 1.82) is 0 Å². The average Bonchev–Trinajstić information content (AvgIpc) is 2.01. The third-order valence-electron chi connectivity index (χ3n) is 1.46. The maximum atomic E-state index is 11.4. The summed E-state index contributed by atoms with van der Waals surface area (Å²) < 4.78 is 5.15. The largest absolute Gasteiger partial charge is 0.444 e. The maximum absolute atomic E-state index is 11.4. The Morgan fingerprint density at radius 3 is 2.43 bits per heavy atom. The van der Waals surface area contributed by atoms with E-state index in [1.807, 2.05) is 20.8 Å². The lowest BCUT2D eigenvalue weighted by Gasteiger charge is -2.24. The number of amides is 1. The Hall–Kier alpha value is -0.810. The highest BCUT2D eigenvalue weighted by Crippen LogP contribution is 2.08. The van der Waals surface area contributed by atoms with E-state index in [-0.39, 0.29) is 6.09 Å². The first kappa shape index (κ1) is 13.2. The van der Waals surface area contributed by atoms with Gasteiger partial charge in [0.25, 0.3) is 0 Å². The lowest BCUT2D eigenvalue weighted by molar-refractivity contribution is 0.0279. The van der Waals surface area contributed by atoms with E-state index in [1.54, 1.807) is 7.05 Å². The van der Waals surface area contributed by atoms with Gasteiger partial charge in [0.2, 0.25) is 0 Å². The molecule has 0 aliphatic carbocycles. The second-order valence-electron chi connectivity index (χ2n) is 4.13. The van der Waals surface area contributed by atoms with E-state index < -0.39 is 5.60 Å². The molecule has 0 aliphatic rings. The van der Waals surface area contributed by atoms with Gasteiger partial charge in [0.05, 0.1) is 6.61 Å². The number of hydrogen-bond acceptors (Lipinski definition) is 4. The number of hydrogen-bond donors (Lipinski definition) is 1. The molecule has 0 aromatic carbocycles. The van der Waals surface area contributed by atoms with Crippen LogP contribution in [0.2, 0.25) is 0 Å². The average molecular weight is 204 g/mol. The van der Waals surface area contributed by atoms with Crippen molar-refractivity contribution < 1.29 is 14.4 Å². The van der Waals surface area contributed by atoms with E-state index in [0.29, 0.717) is 19.6 Å². The fraction of sp³-hybridized carbons (Fsp3) is 0.889. The van der Waals surface area contributed by atoms with Gasteiger partial charge in [0.15, 0.2) is 0 Å². The van der Waals surface area contributed by atoms with Crippen LogP contribution in [-0.2, 0) is 9.57 Å². The molecule has 0 atom stereocenters.